The van der Waals surface area contributed by atoms with Crippen molar-refractivity contribution in [2.45, 2.75) is 6.61 Å². The van der Waals surface area contributed by atoms with Gasteiger partial charge in [-0.05, 0) is 17.7 Å². The third kappa shape index (κ3) is 3.05. The summed E-state index contributed by atoms with van der Waals surface area (Å²) in [6.45, 7) is 0.423. The molecule has 17 heavy (non-hydrogen) atoms. The summed E-state index contributed by atoms with van der Waals surface area (Å²) in [5.41, 5.74) is 7.29. The zero-order valence-corrected chi connectivity index (χ0v) is 10.5. The number of halogens is 2. The molecule has 0 bridgehead atoms. The van der Waals surface area contributed by atoms with E-state index in [4.69, 9.17) is 33.7 Å². The summed E-state index contributed by atoms with van der Waals surface area (Å²) >= 11 is 11.8. The number of hydrogen-bond acceptors (Lipinski definition) is 2. The topological polar surface area (TPSA) is 35.2 Å². The van der Waals surface area contributed by atoms with E-state index in [0.29, 0.717) is 28.1 Å². The van der Waals surface area contributed by atoms with E-state index in [1.165, 1.54) is 0 Å². The number of benzene rings is 2. The molecule has 0 heterocycles. The van der Waals surface area contributed by atoms with Gasteiger partial charge >= 0.3 is 0 Å². The fourth-order valence-electron chi connectivity index (χ4n) is 1.46. The highest BCUT2D eigenvalue weighted by Gasteiger charge is 2.08. The number of ether oxygens (including phenoxy) is 1. The molecular weight excluding hydrogens is 257 g/mol. The number of nitrogens with two attached hydrogens (primary N) is 1. The van der Waals surface area contributed by atoms with E-state index in [2.05, 4.69) is 0 Å². The van der Waals surface area contributed by atoms with Gasteiger partial charge in [0, 0.05) is 5.02 Å². The van der Waals surface area contributed by atoms with Crippen LogP contribution in [0.25, 0.3) is 0 Å². The molecule has 0 aromatic heterocycles. The number of rotatable bonds is 3. The minimum absolute atomic E-state index is 0.422. The Kier molecular flexibility index (Phi) is 3.77. The van der Waals surface area contributed by atoms with Crippen LogP contribution in [-0.4, -0.2) is 0 Å². The van der Waals surface area contributed by atoms with Gasteiger partial charge in [0.2, 0.25) is 0 Å². The molecule has 0 spiro atoms. The predicted molar refractivity (Wildman–Crippen MR) is 71.6 cm³/mol. The van der Waals surface area contributed by atoms with Crippen molar-refractivity contribution in [3.05, 3.63) is 58.1 Å². The average Bonchev–Trinajstić information content (AvgIpc) is 2.29. The summed E-state index contributed by atoms with van der Waals surface area (Å²) in [4.78, 5) is 0. The molecule has 2 aromatic carbocycles. The normalized spacial score (nSPS) is 10.2. The van der Waals surface area contributed by atoms with Gasteiger partial charge in [-0.1, -0.05) is 53.5 Å². The lowest BCUT2D eigenvalue weighted by molar-refractivity contribution is 0.308. The van der Waals surface area contributed by atoms with Crippen molar-refractivity contribution in [1.29, 1.82) is 0 Å². The average molecular weight is 268 g/mol. The standard InChI is InChI=1S/C13H11Cl2NO/c14-10-6-11(15)13(12(16)7-10)17-8-9-4-2-1-3-5-9/h1-7H,8,16H2. The van der Waals surface area contributed by atoms with Crippen molar-refractivity contribution in [1.82, 2.24) is 0 Å². The van der Waals surface area contributed by atoms with Gasteiger partial charge < -0.3 is 10.5 Å². The summed E-state index contributed by atoms with van der Waals surface area (Å²) < 4.78 is 5.59. The zero-order valence-electron chi connectivity index (χ0n) is 8.99. The molecule has 0 fully saturated rings. The van der Waals surface area contributed by atoms with E-state index in [0.717, 1.165) is 5.56 Å². The Balaban J connectivity index is 2.15. The van der Waals surface area contributed by atoms with Gasteiger partial charge in [0.1, 0.15) is 6.61 Å². The van der Waals surface area contributed by atoms with Gasteiger partial charge in [0.05, 0.1) is 10.7 Å². The first-order valence-electron chi connectivity index (χ1n) is 5.08. The minimum Gasteiger partial charge on any atom is -0.485 e. The Hall–Kier alpha value is -1.38. The summed E-state index contributed by atoms with van der Waals surface area (Å²) in [5, 5.41) is 0.922. The summed E-state index contributed by atoms with van der Waals surface area (Å²) in [5.74, 6) is 0.472. The molecule has 0 unspecified atom stereocenters. The van der Waals surface area contributed by atoms with Crippen molar-refractivity contribution in [2.24, 2.45) is 0 Å². The first kappa shape index (κ1) is 12.1. The fourth-order valence-corrected chi connectivity index (χ4v) is 2.03. The highest BCUT2D eigenvalue weighted by molar-refractivity contribution is 6.36. The molecule has 2 aromatic rings. The molecule has 4 heteroatoms. The monoisotopic (exact) mass is 267 g/mol. The van der Waals surface area contributed by atoms with Gasteiger partial charge in [0.25, 0.3) is 0 Å². The zero-order chi connectivity index (χ0) is 12.3. The van der Waals surface area contributed by atoms with Gasteiger partial charge in [0.15, 0.2) is 5.75 Å². The fraction of sp³-hybridized carbons (Fsp3) is 0.0769. The largest absolute Gasteiger partial charge is 0.485 e. The van der Waals surface area contributed by atoms with Gasteiger partial charge in [-0.25, -0.2) is 0 Å². The lowest BCUT2D eigenvalue weighted by Crippen LogP contribution is -1.99. The molecule has 0 aliphatic carbocycles. The van der Waals surface area contributed by atoms with Crippen LogP contribution in [0.5, 0.6) is 5.75 Å². The lowest BCUT2D eigenvalue weighted by Gasteiger charge is -2.11. The van der Waals surface area contributed by atoms with Crippen molar-refractivity contribution in [3.63, 3.8) is 0 Å². The van der Waals surface area contributed by atoms with Crippen LogP contribution in [-0.2, 0) is 6.61 Å². The van der Waals surface area contributed by atoms with E-state index in [-0.39, 0.29) is 0 Å². The smallest absolute Gasteiger partial charge is 0.161 e. The van der Waals surface area contributed by atoms with Crippen molar-refractivity contribution in [2.75, 3.05) is 5.73 Å². The van der Waals surface area contributed by atoms with E-state index < -0.39 is 0 Å². The van der Waals surface area contributed by atoms with Crippen LogP contribution in [0, 0.1) is 0 Å². The van der Waals surface area contributed by atoms with Crippen LogP contribution in [0.1, 0.15) is 5.56 Å². The Bertz CT molecular complexity index is 491. The first-order valence-corrected chi connectivity index (χ1v) is 5.83. The lowest BCUT2D eigenvalue weighted by atomic mass is 10.2. The van der Waals surface area contributed by atoms with E-state index in [1.807, 2.05) is 30.3 Å². The Morgan fingerprint density at radius 2 is 1.76 bits per heavy atom. The number of hydrogen-bond donors (Lipinski definition) is 1. The predicted octanol–water partition coefficient (Wildman–Crippen LogP) is 4.15. The van der Waals surface area contributed by atoms with Crippen molar-refractivity contribution >= 4 is 28.9 Å². The van der Waals surface area contributed by atoms with Crippen LogP contribution in [0.2, 0.25) is 10.0 Å². The van der Waals surface area contributed by atoms with Crippen LogP contribution in [0.4, 0.5) is 5.69 Å². The summed E-state index contributed by atoms with van der Waals surface area (Å²) in [7, 11) is 0. The number of nitrogen functional groups attached to an aromatic ring is 1. The van der Waals surface area contributed by atoms with Gasteiger partial charge in [-0.3, -0.25) is 0 Å². The molecule has 2 rings (SSSR count). The summed E-state index contributed by atoms with van der Waals surface area (Å²) in [6.07, 6.45) is 0. The molecule has 0 saturated heterocycles. The maximum Gasteiger partial charge on any atom is 0.161 e. The third-order valence-electron chi connectivity index (χ3n) is 2.26. The van der Waals surface area contributed by atoms with Gasteiger partial charge in [-0.15, -0.1) is 0 Å². The minimum atomic E-state index is 0.422. The second kappa shape index (κ2) is 5.30. The Morgan fingerprint density at radius 3 is 2.41 bits per heavy atom. The second-order valence-corrected chi connectivity index (χ2v) is 4.42. The molecule has 2 nitrogen and oxygen atoms in total. The van der Waals surface area contributed by atoms with Crippen LogP contribution in [0.3, 0.4) is 0 Å². The van der Waals surface area contributed by atoms with Crippen LogP contribution >= 0.6 is 23.2 Å². The number of anilines is 1. The SMILES string of the molecule is Nc1cc(Cl)cc(Cl)c1OCc1ccccc1. The quantitative estimate of drug-likeness (QED) is 0.848. The van der Waals surface area contributed by atoms with Crippen molar-refractivity contribution < 1.29 is 4.74 Å². The summed E-state index contributed by atoms with van der Waals surface area (Å²) in [6, 6.07) is 13.0. The third-order valence-corrected chi connectivity index (χ3v) is 2.76. The molecule has 0 radical (unpaired) electrons. The van der Waals surface area contributed by atoms with E-state index >= 15 is 0 Å². The molecular formula is C13H11Cl2NO. The van der Waals surface area contributed by atoms with E-state index in [9.17, 15) is 0 Å². The van der Waals surface area contributed by atoms with Crippen molar-refractivity contribution in [3.8, 4) is 5.75 Å². The maximum atomic E-state index is 6.01. The molecule has 88 valence electrons. The second-order valence-electron chi connectivity index (χ2n) is 3.58. The van der Waals surface area contributed by atoms with Crippen LogP contribution in [0.15, 0.2) is 42.5 Å². The highest BCUT2D eigenvalue weighted by atomic mass is 35.5. The molecule has 0 amide bonds. The van der Waals surface area contributed by atoms with E-state index in [1.54, 1.807) is 12.1 Å². The Labute approximate surface area is 110 Å². The van der Waals surface area contributed by atoms with Crippen LogP contribution < -0.4 is 10.5 Å². The molecule has 0 atom stereocenters. The first-order chi connectivity index (χ1) is 8.16. The molecule has 2 N–H and O–H groups in total. The Morgan fingerprint density at radius 1 is 1.06 bits per heavy atom. The molecule has 0 aliphatic heterocycles. The molecule has 0 aliphatic rings. The molecule has 0 saturated carbocycles. The van der Waals surface area contributed by atoms with Gasteiger partial charge in [-0.2, -0.15) is 0 Å². The highest BCUT2D eigenvalue weighted by Crippen LogP contribution is 2.34. The maximum absolute atomic E-state index is 6.01.